The highest BCUT2D eigenvalue weighted by Gasteiger charge is 2.13. The van der Waals surface area contributed by atoms with Crippen molar-refractivity contribution in [1.82, 2.24) is 0 Å². The first-order valence-corrected chi connectivity index (χ1v) is 4.23. The number of nitro groups is 1. The number of ether oxygens (including phenoxy) is 1. The Hall–Kier alpha value is -1.82. The average molecular weight is 231 g/mol. The van der Waals surface area contributed by atoms with Crippen LogP contribution in [0.3, 0.4) is 0 Å². The molecule has 80 valence electrons. The Morgan fingerprint density at radius 2 is 2.27 bits per heavy atom. The lowest BCUT2D eigenvalue weighted by molar-refractivity contribution is -0.384. The minimum atomic E-state index is -0.660. The van der Waals surface area contributed by atoms with Crippen molar-refractivity contribution in [2.24, 2.45) is 5.73 Å². The van der Waals surface area contributed by atoms with E-state index in [9.17, 15) is 14.9 Å². The molecule has 0 fully saturated rings. The Morgan fingerprint density at radius 3 is 2.80 bits per heavy atom. The van der Waals surface area contributed by atoms with Crippen LogP contribution in [0.4, 0.5) is 5.69 Å². The number of nitro benzene ring substituents is 1. The van der Waals surface area contributed by atoms with Gasteiger partial charge >= 0.3 is 0 Å². The highest BCUT2D eigenvalue weighted by Crippen LogP contribution is 2.28. The van der Waals surface area contributed by atoms with Crippen LogP contribution in [0.2, 0.25) is 5.02 Å². The molecule has 15 heavy (non-hydrogen) atoms. The fourth-order valence-corrected chi connectivity index (χ4v) is 1.06. The van der Waals surface area contributed by atoms with Crippen LogP contribution in [0.1, 0.15) is 0 Å². The Balaban J connectivity index is 2.87. The van der Waals surface area contributed by atoms with Crippen molar-refractivity contribution in [2.45, 2.75) is 0 Å². The fraction of sp³-hybridized carbons (Fsp3) is 0.125. The number of nitrogens with zero attached hydrogens (tertiary/aromatic N) is 1. The van der Waals surface area contributed by atoms with Gasteiger partial charge in [0.1, 0.15) is 10.8 Å². The number of hydrogen-bond acceptors (Lipinski definition) is 4. The maximum atomic E-state index is 10.5. The molecule has 0 aromatic heterocycles. The third-order valence-corrected chi connectivity index (χ3v) is 1.82. The summed E-state index contributed by atoms with van der Waals surface area (Å²) in [6.45, 7) is -0.335. The Kier molecular flexibility index (Phi) is 3.46. The molecule has 1 aromatic rings. The molecule has 6 nitrogen and oxygen atoms in total. The predicted molar refractivity (Wildman–Crippen MR) is 52.8 cm³/mol. The molecule has 0 saturated carbocycles. The van der Waals surface area contributed by atoms with Gasteiger partial charge in [0.25, 0.3) is 11.6 Å². The Bertz CT molecular complexity index is 408. The van der Waals surface area contributed by atoms with Gasteiger partial charge in [-0.3, -0.25) is 14.9 Å². The molecule has 2 N–H and O–H groups in total. The second kappa shape index (κ2) is 4.61. The Labute approximate surface area is 89.7 Å². The summed E-state index contributed by atoms with van der Waals surface area (Å²) < 4.78 is 4.88. The molecule has 0 atom stereocenters. The van der Waals surface area contributed by atoms with Gasteiger partial charge < -0.3 is 10.5 Å². The monoisotopic (exact) mass is 230 g/mol. The van der Waals surface area contributed by atoms with E-state index in [2.05, 4.69) is 0 Å². The third-order valence-electron chi connectivity index (χ3n) is 1.50. The maximum absolute atomic E-state index is 10.5. The first-order chi connectivity index (χ1) is 7.00. The summed E-state index contributed by atoms with van der Waals surface area (Å²) in [6, 6.07) is 3.86. The highest BCUT2D eigenvalue weighted by atomic mass is 35.5. The zero-order valence-electron chi connectivity index (χ0n) is 7.47. The first kappa shape index (κ1) is 11.3. The van der Waals surface area contributed by atoms with E-state index in [0.717, 1.165) is 6.07 Å². The van der Waals surface area contributed by atoms with Gasteiger partial charge in [-0.1, -0.05) is 11.6 Å². The molecule has 0 aliphatic heterocycles. The molecule has 0 aliphatic carbocycles. The number of benzene rings is 1. The summed E-state index contributed by atoms with van der Waals surface area (Å²) in [4.78, 5) is 20.2. The molecule has 0 unspecified atom stereocenters. The number of carbonyl (C=O) groups excluding carboxylic acids is 1. The van der Waals surface area contributed by atoms with E-state index in [0.29, 0.717) is 0 Å². The second-order valence-corrected chi connectivity index (χ2v) is 3.03. The van der Waals surface area contributed by atoms with Crippen molar-refractivity contribution >= 4 is 23.2 Å². The van der Waals surface area contributed by atoms with Gasteiger partial charge in [-0.05, 0) is 12.1 Å². The maximum Gasteiger partial charge on any atom is 0.291 e. The van der Waals surface area contributed by atoms with Crippen LogP contribution >= 0.6 is 11.6 Å². The van der Waals surface area contributed by atoms with E-state index in [1.165, 1.54) is 12.1 Å². The van der Waals surface area contributed by atoms with Crippen molar-refractivity contribution in [1.29, 1.82) is 0 Å². The van der Waals surface area contributed by atoms with Gasteiger partial charge in [0.05, 0.1) is 11.0 Å². The molecule has 7 heteroatoms. The molecule has 0 spiro atoms. The van der Waals surface area contributed by atoms with E-state index >= 15 is 0 Å². The zero-order valence-corrected chi connectivity index (χ0v) is 8.23. The molecular weight excluding hydrogens is 224 g/mol. The molecule has 0 saturated heterocycles. The van der Waals surface area contributed by atoms with Crippen molar-refractivity contribution in [3.05, 3.63) is 33.3 Å². The van der Waals surface area contributed by atoms with Crippen molar-refractivity contribution in [3.8, 4) is 5.75 Å². The molecule has 0 heterocycles. The molecule has 0 bridgehead atoms. The predicted octanol–water partition coefficient (Wildman–Crippen LogP) is 1.11. The normalized spacial score (nSPS) is 9.67. The SMILES string of the molecule is NC(=O)COc1ccc(Cl)c([N+](=O)[O-])c1. The van der Waals surface area contributed by atoms with Crippen molar-refractivity contribution in [2.75, 3.05) is 6.61 Å². The number of halogens is 1. The van der Waals surface area contributed by atoms with Gasteiger partial charge in [-0.15, -0.1) is 0 Å². The molecule has 1 amide bonds. The van der Waals surface area contributed by atoms with E-state index < -0.39 is 10.8 Å². The van der Waals surface area contributed by atoms with Crippen LogP contribution in [0.25, 0.3) is 0 Å². The average Bonchev–Trinajstić information content (AvgIpc) is 2.16. The van der Waals surface area contributed by atoms with Gasteiger partial charge in [0, 0.05) is 0 Å². The van der Waals surface area contributed by atoms with Crippen LogP contribution in [0, 0.1) is 10.1 Å². The lowest BCUT2D eigenvalue weighted by Gasteiger charge is -2.03. The molecule has 1 rings (SSSR count). The summed E-state index contributed by atoms with van der Waals surface area (Å²) in [5.41, 5.74) is 4.57. The number of hydrogen-bond donors (Lipinski definition) is 1. The summed E-state index contributed by atoms with van der Waals surface area (Å²) in [5.74, 6) is -0.488. The minimum absolute atomic E-state index is 0.00595. The molecule has 1 aromatic carbocycles. The standard InChI is InChI=1S/C8H7ClN2O4/c9-6-2-1-5(15-4-8(10)12)3-7(6)11(13)14/h1-3H,4H2,(H2,10,12). The largest absolute Gasteiger partial charge is 0.484 e. The lowest BCUT2D eigenvalue weighted by atomic mass is 10.3. The second-order valence-electron chi connectivity index (χ2n) is 2.63. The van der Waals surface area contributed by atoms with Crippen molar-refractivity contribution in [3.63, 3.8) is 0 Å². The number of amides is 1. The summed E-state index contributed by atoms with van der Waals surface area (Å²) in [7, 11) is 0. The smallest absolute Gasteiger partial charge is 0.291 e. The molecule has 0 radical (unpaired) electrons. The highest BCUT2D eigenvalue weighted by molar-refractivity contribution is 6.32. The van der Waals surface area contributed by atoms with E-state index in [-0.39, 0.29) is 23.1 Å². The number of nitrogens with two attached hydrogens (primary N) is 1. The van der Waals surface area contributed by atoms with Crippen LogP contribution in [-0.4, -0.2) is 17.4 Å². The van der Waals surface area contributed by atoms with E-state index in [1.807, 2.05) is 0 Å². The molecular formula is C8H7ClN2O4. The summed E-state index contributed by atoms with van der Waals surface area (Å²) in [5, 5.41) is 10.5. The quantitative estimate of drug-likeness (QED) is 0.619. The minimum Gasteiger partial charge on any atom is -0.484 e. The fourth-order valence-electron chi connectivity index (χ4n) is 0.877. The van der Waals surface area contributed by atoms with Crippen LogP contribution in [0.15, 0.2) is 18.2 Å². The summed E-state index contributed by atoms with van der Waals surface area (Å²) >= 11 is 5.57. The topological polar surface area (TPSA) is 95.5 Å². The van der Waals surface area contributed by atoms with Gasteiger partial charge in [0.15, 0.2) is 6.61 Å². The van der Waals surface area contributed by atoms with E-state index in [1.54, 1.807) is 0 Å². The van der Waals surface area contributed by atoms with Crippen LogP contribution < -0.4 is 10.5 Å². The third kappa shape index (κ3) is 3.10. The summed E-state index contributed by atoms with van der Waals surface area (Å²) in [6.07, 6.45) is 0. The van der Waals surface area contributed by atoms with Crippen LogP contribution in [0.5, 0.6) is 5.75 Å². The molecule has 0 aliphatic rings. The Morgan fingerprint density at radius 1 is 1.60 bits per heavy atom. The first-order valence-electron chi connectivity index (χ1n) is 3.85. The van der Waals surface area contributed by atoms with Gasteiger partial charge in [-0.25, -0.2) is 0 Å². The lowest BCUT2D eigenvalue weighted by Crippen LogP contribution is -2.20. The number of carbonyl (C=O) groups is 1. The van der Waals surface area contributed by atoms with Gasteiger partial charge in [-0.2, -0.15) is 0 Å². The van der Waals surface area contributed by atoms with E-state index in [4.69, 9.17) is 22.1 Å². The number of rotatable bonds is 4. The number of primary amides is 1. The van der Waals surface area contributed by atoms with Gasteiger partial charge in [0.2, 0.25) is 0 Å². The van der Waals surface area contributed by atoms with Crippen molar-refractivity contribution < 1.29 is 14.5 Å². The zero-order chi connectivity index (χ0) is 11.4. The van der Waals surface area contributed by atoms with Crippen LogP contribution in [-0.2, 0) is 4.79 Å².